The summed E-state index contributed by atoms with van der Waals surface area (Å²) in [5.41, 5.74) is 2.84. The Hall–Kier alpha value is -1.64. The maximum absolute atomic E-state index is 4.48. The minimum absolute atomic E-state index is 0. The van der Waals surface area contributed by atoms with E-state index in [1.807, 2.05) is 11.7 Å². The third kappa shape index (κ3) is 4.02. The number of aromatic nitrogens is 3. The van der Waals surface area contributed by atoms with E-state index < -0.39 is 0 Å². The quantitative estimate of drug-likeness (QED) is 0.426. The van der Waals surface area contributed by atoms with Crippen LogP contribution in [0.25, 0.3) is 0 Å². The first kappa shape index (κ1) is 20.7. The molecule has 3 rings (SSSR count). The number of hydrogen-bond acceptors (Lipinski definition) is 3. The fourth-order valence-corrected chi connectivity index (χ4v) is 3.22. The van der Waals surface area contributed by atoms with Crippen LogP contribution in [0.5, 0.6) is 0 Å². The van der Waals surface area contributed by atoms with Crippen molar-refractivity contribution in [2.45, 2.75) is 46.3 Å². The second-order valence-corrected chi connectivity index (χ2v) is 7.84. The molecule has 1 aliphatic rings. The molecule has 0 aliphatic carbocycles. The summed E-state index contributed by atoms with van der Waals surface area (Å²) >= 11 is 0. The van der Waals surface area contributed by atoms with Gasteiger partial charge in [0.2, 0.25) is 0 Å². The van der Waals surface area contributed by atoms with Gasteiger partial charge in [-0.15, -0.1) is 24.0 Å². The molecule has 1 aromatic carbocycles. The molecule has 26 heavy (non-hydrogen) atoms. The number of benzene rings is 1. The Morgan fingerprint density at radius 1 is 1.23 bits per heavy atom. The van der Waals surface area contributed by atoms with Crippen molar-refractivity contribution in [3.63, 3.8) is 0 Å². The molecule has 2 heterocycles. The third-order valence-corrected chi connectivity index (χ3v) is 5.61. The molecule has 1 aliphatic heterocycles. The predicted molar refractivity (Wildman–Crippen MR) is 116 cm³/mol. The molecule has 7 heteroatoms. The maximum atomic E-state index is 4.48. The third-order valence-electron chi connectivity index (χ3n) is 5.61. The summed E-state index contributed by atoms with van der Waals surface area (Å²) in [5, 5.41) is 7.67. The maximum Gasteiger partial charge on any atom is 0.194 e. The molecule has 2 aromatic rings. The van der Waals surface area contributed by atoms with Gasteiger partial charge < -0.3 is 10.2 Å². The van der Waals surface area contributed by atoms with Gasteiger partial charge in [-0.1, -0.05) is 38.1 Å². The highest BCUT2D eigenvalue weighted by molar-refractivity contribution is 14.0. The van der Waals surface area contributed by atoms with Crippen molar-refractivity contribution < 1.29 is 0 Å². The van der Waals surface area contributed by atoms with E-state index in [2.05, 4.69) is 77.3 Å². The van der Waals surface area contributed by atoms with Crippen LogP contribution in [0, 0.1) is 5.41 Å². The summed E-state index contributed by atoms with van der Waals surface area (Å²) in [6.45, 7) is 11.7. The lowest BCUT2D eigenvalue weighted by Crippen LogP contribution is -2.72. The van der Waals surface area contributed by atoms with Crippen molar-refractivity contribution in [1.29, 1.82) is 0 Å². The van der Waals surface area contributed by atoms with Crippen molar-refractivity contribution in [2.75, 3.05) is 13.6 Å². The zero-order valence-corrected chi connectivity index (χ0v) is 18.6. The van der Waals surface area contributed by atoms with Gasteiger partial charge in [-0.25, -0.2) is 9.67 Å². The van der Waals surface area contributed by atoms with Crippen LogP contribution >= 0.6 is 24.0 Å². The number of rotatable bonds is 4. The first-order chi connectivity index (χ1) is 11.8. The van der Waals surface area contributed by atoms with Crippen LogP contribution in [0.2, 0.25) is 0 Å². The first-order valence-electron chi connectivity index (χ1n) is 8.72. The molecule has 1 N–H and O–H groups in total. The lowest BCUT2D eigenvalue weighted by Gasteiger charge is -2.62. The van der Waals surface area contributed by atoms with Gasteiger partial charge in [0, 0.05) is 31.1 Å². The van der Waals surface area contributed by atoms with E-state index in [9.17, 15) is 0 Å². The van der Waals surface area contributed by atoms with Crippen LogP contribution in [-0.4, -0.2) is 44.8 Å². The Balaban J connectivity index is 0.00000243. The molecule has 0 amide bonds. The van der Waals surface area contributed by atoms with Crippen LogP contribution in [0.3, 0.4) is 0 Å². The Bertz CT molecular complexity index is 751. The lowest BCUT2D eigenvalue weighted by atomic mass is 9.65. The van der Waals surface area contributed by atoms with Gasteiger partial charge in [-0.3, -0.25) is 4.99 Å². The van der Waals surface area contributed by atoms with Gasteiger partial charge in [0.25, 0.3) is 0 Å². The molecule has 0 unspecified atom stereocenters. The number of hydrogen-bond donors (Lipinski definition) is 1. The molecule has 0 radical (unpaired) electrons. The molecule has 0 atom stereocenters. The van der Waals surface area contributed by atoms with Gasteiger partial charge in [0.05, 0.1) is 6.54 Å². The number of likely N-dealkylation sites (tertiary alicyclic amines) is 1. The van der Waals surface area contributed by atoms with Crippen molar-refractivity contribution in [2.24, 2.45) is 10.4 Å². The highest BCUT2D eigenvalue weighted by atomic mass is 127. The second-order valence-electron chi connectivity index (χ2n) is 7.84. The average molecular weight is 468 g/mol. The Labute approximate surface area is 173 Å². The highest BCUT2D eigenvalue weighted by Gasteiger charge is 2.53. The Morgan fingerprint density at radius 2 is 1.96 bits per heavy atom. The van der Waals surface area contributed by atoms with Crippen LogP contribution in [0.1, 0.15) is 38.8 Å². The van der Waals surface area contributed by atoms with E-state index in [0.717, 1.165) is 25.6 Å². The summed E-state index contributed by atoms with van der Waals surface area (Å²) in [4.78, 5) is 10.8. The van der Waals surface area contributed by atoms with Crippen LogP contribution in [-0.2, 0) is 13.1 Å². The summed E-state index contributed by atoms with van der Waals surface area (Å²) < 4.78 is 1.83. The Morgan fingerprint density at radius 3 is 2.54 bits per heavy atom. The molecular weight excluding hydrogens is 439 g/mol. The second kappa shape index (κ2) is 7.94. The highest BCUT2D eigenvalue weighted by Crippen LogP contribution is 2.46. The molecule has 6 nitrogen and oxygen atoms in total. The van der Waals surface area contributed by atoms with Crippen molar-refractivity contribution in [3.05, 3.63) is 48.0 Å². The summed E-state index contributed by atoms with van der Waals surface area (Å²) in [6, 6.07) is 8.53. The summed E-state index contributed by atoms with van der Waals surface area (Å²) in [5.74, 6) is 0.964. The molecule has 0 bridgehead atoms. The number of halogens is 1. The van der Waals surface area contributed by atoms with Gasteiger partial charge >= 0.3 is 0 Å². The molecule has 0 spiro atoms. The largest absolute Gasteiger partial charge is 0.352 e. The number of nitrogens with one attached hydrogen (secondary N) is 1. The lowest BCUT2D eigenvalue weighted by molar-refractivity contribution is -0.0667. The van der Waals surface area contributed by atoms with Gasteiger partial charge in [0.1, 0.15) is 12.7 Å². The van der Waals surface area contributed by atoms with Crippen LogP contribution < -0.4 is 5.32 Å². The standard InChI is InChI=1S/C19H28N6.HI/c1-18(2)12-25(19(18,3)4)17(20-5)22-10-15-7-6-8-16(9-15)11-24-14-21-13-23-24;/h6-9,13-14H,10-12H2,1-5H3,(H,20,22);1H. The minimum Gasteiger partial charge on any atom is -0.352 e. The fourth-order valence-electron chi connectivity index (χ4n) is 3.22. The van der Waals surface area contributed by atoms with Gasteiger partial charge in [0.15, 0.2) is 5.96 Å². The van der Waals surface area contributed by atoms with Crippen LogP contribution in [0.15, 0.2) is 41.9 Å². The van der Waals surface area contributed by atoms with Crippen molar-refractivity contribution in [3.8, 4) is 0 Å². The summed E-state index contributed by atoms with van der Waals surface area (Å²) in [7, 11) is 1.85. The summed E-state index contributed by atoms with van der Waals surface area (Å²) in [6.07, 6.45) is 3.30. The monoisotopic (exact) mass is 468 g/mol. The minimum atomic E-state index is 0. The molecule has 0 saturated carbocycles. The van der Waals surface area contributed by atoms with E-state index in [1.54, 1.807) is 12.7 Å². The van der Waals surface area contributed by atoms with Gasteiger partial charge in [-0.2, -0.15) is 5.10 Å². The molecule has 1 aromatic heterocycles. The fraction of sp³-hybridized carbons (Fsp3) is 0.526. The SMILES string of the molecule is CN=C(NCc1cccc(Cn2cncn2)c1)N1CC(C)(C)C1(C)C.I. The average Bonchev–Trinajstić information content (AvgIpc) is 3.07. The predicted octanol–water partition coefficient (Wildman–Crippen LogP) is 3.14. The normalized spacial score (nSPS) is 18.0. The number of aliphatic imine (C=N–C) groups is 1. The number of guanidine groups is 1. The van der Waals surface area contributed by atoms with Crippen molar-refractivity contribution in [1.82, 2.24) is 25.0 Å². The van der Waals surface area contributed by atoms with Crippen LogP contribution in [0.4, 0.5) is 0 Å². The smallest absolute Gasteiger partial charge is 0.194 e. The van der Waals surface area contributed by atoms with E-state index in [-0.39, 0.29) is 29.5 Å². The molecule has 142 valence electrons. The molecular formula is C19H29IN6. The van der Waals surface area contributed by atoms with E-state index in [1.165, 1.54) is 11.1 Å². The number of nitrogens with zero attached hydrogens (tertiary/aromatic N) is 5. The molecule has 1 fully saturated rings. The topological polar surface area (TPSA) is 58.3 Å². The molecule has 1 saturated heterocycles. The Kier molecular flexibility index (Phi) is 6.31. The van der Waals surface area contributed by atoms with Gasteiger partial charge in [-0.05, 0) is 25.0 Å². The zero-order chi connectivity index (χ0) is 18.1. The van der Waals surface area contributed by atoms with Crippen molar-refractivity contribution >= 4 is 29.9 Å². The first-order valence-corrected chi connectivity index (χ1v) is 8.72. The zero-order valence-electron chi connectivity index (χ0n) is 16.2. The van der Waals surface area contributed by atoms with E-state index in [4.69, 9.17) is 0 Å². The van der Waals surface area contributed by atoms with E-state index in [0.29, 0.717) is 5.41 Å². The van der Waals surface area contributed by atoms with E-state index >= 15 is 0 Å².